The SMILES string of the molecule is CC.COc1ccc2c(c1)-n1ncc(C)c1CC(=O)N2. The molecule has 20 heavy (non-hydrogen) atoms. The molecule has 0 atom stereocenters. The van der Waals surface area contributed by atoms with Gasteiger partial charge in [0.25, 0.3) is 0 Å². The summed E-state index contributed by atoms with van der Waals surface area (Å²) in [6.07, 6.45) is 2.11. The zero-order chi connectivity index (χ0) is 14.7. The second-order valence-electron chi connectivity index (χ2n) is 4.29. The molecule has 0 saturated heterocycles. The van der Waals surface area contributed by atoms with Gasteiger partial charge in [-0.25, -0.2) is 4.68 Å². The monoisotopic (exact) mass is 273 g/mol. The smallest absolute Gasteiger partial charge is 0.230 e. The largest absolute Gasteiger partial charge is 0.497 e. The number of rotatable bonds is 1. The van der Waals surface area contributed by atoms with Crippen LogP contribution in [-0.2, 0) is 11.2 Å². The summed E-state index contributed by atoms with van der Waals surface area (Å²) >= 11 is 0. The Kier molecular flexibility index (Phi) is 4.08. The van der Waals surface area contributed by atoms with Crippen molar-refractivity contribution in [2.75, 3.05) is 12.4 Å². The first kappa shape index (κ1) is 14.1. The topological polar surface area (TPSA) is 56.2 Å². The van der Waals surface area contributed by atoms with Crippen LogP contribution >= 0.6 is 0 Å². The van der Waals surface area contributed by atoms with Gasteiger partial charge in [0.15, 0.2) is 0 Å². The number of nitrogens with zero attached hydrogens (tertiary/aromatic N) is 2. The molecule has 106 valence electrons. The van der Waals surface area contributed by atoms with Crippen molar-refractivity contribution in [1.82, 2.24) is 9.78 Å². The minimum Gasteiger partial charge on any atom is -0.497 e. The summed E-state index contributed by atoms with van der Waals surface area (Å²) in [5.41, 5.74) is 3.52. The van der Waals surface area contributed by atoms with Gasteiger partial charge in [0.2, 0.25) is 5.91 Å². The van der Waals surface area contributed by atoms with Crippen LogP contribution in [0.3, 0.4) is 0 Å². The van der Waals surface area contributed by atoms with Crippen molar-refractivity contribution in [3.8, 4) is 11.4 Å². The van der Waals surface area contributed by atoms with E-state index in [0.717, 1.165) is 28.4 Å². The van der Waals surface area contributed by atoms with Crippen LogP contribution in [0.15, 0.2) is 24.4 Å². The van der Waals surface area contributed by atoms with Gasteiger partial charge in [-0.2, -0.15) is 5.10 Å². The molecule has 3 rings (SSSR count). The van der Waals surface area contributed by atoms with Crippen molar-refractivity contribution in [2.24, 2.45) is 0 Å². The van der Waals surface area contributed by atoms with Gasteiger partial charge in [0.05, 0.1) is 36.8 Å². The standard InChI is InChI=1S/C13H13N3O2.C2H6/c1-8-7-14-16-11(8)6-13(17)15-10-4-3-9(18-2)5-12(10)16;1-2/h3-5,7H,6H2,1-2H3,(H,15,17);1-2H3. The van der Waals surface area contributed by atoms with E-state index in [1.165, 1.54) is 0 Å². The first-order chi connectivity index (χ1) is 9.69. The zero-order valence-electron chi connectivity index (χ0n) is 12.2. The van der Waals surface area contributed by atoms with E-state index < -0.39 is 0 Å². The lowest BCUT2D eigenvalue weighted by molar-refractivity contribution is -0.115. The van der Waals surface area contributed by atoms with E-state index in [-0.39, 0.29) is 5.91 Å². The lowest BCUT2D eigenvalue weighted by Crippen LogP contribution is -2.13. The highest BCUT2D eigenvalue weighted by atomic mass is 16.5. The molecule has 0 bridgehead atoms. The Bertz CT molecular complexity index is 632. The zero-order valence-corrected chi connectivity index (χ0v) is 12.2. The predicted octanol–water partition coefficient (Wildman–Crippen LogP) is 2.71. The van der Waals surface area contributed by atoms with Crippen LogP contribution in [0.1, 0.15) is 25.1 Å². The highest BCUT2D eigenvalue weighted by Crippen LogP contribution is 2.29. The summed E-state index contributed by atoms with van der Waals surface area (Å²) in [5, 5.41) is 7.22. The molecule has 1 N–H and O–H groups in total. The van der Waals surface area contributed by atoms with E-state index in [1.54, 1.807) is 18.0 Å². The van der Waals surface area contributed by atoms with Gasteiger partial charge in [-0.3, -0.25) is 4.79 Å². The fourth-order valence-corrected chi connectivity index (χ4v) is 2.14. The third-order valence-electron chi connectivity index (χ3n) is 3.11. The van der Waals surface area contributed by atoms with Crippen molar-refractivity contribution >= 4 is 11.6 Å². The van der Waals surface area contributed by atoms with Gasteiger partial charge in [-0.05, 0) is 24.6 Å². The average molecular weight is 273 g/mol. The molecule has 0 radical (unpaired) electrons. The van der Waals surface area contributed by atoms with Gasteiger partial charge >= 0.3 is 0 Å². The second-order valence-corrected chi connectivity index (χ2v) is 4.29. The number of carbonyl (C=O) groups excluding carboxylic acids is 1. The fourth-order valence-electron chi connectivity index (χ4n) is 2.14. The number of ether oxygens (including phenoxy) is 1. The number of hydrogen-bond acceptors (Lipinski definition) is 3. The Hall–Kier alpha value is -2.30. The molecule has 5 heteroatoms. The molecule has 1 aromatic carbocycles. The molecule has 2 aromatic rings. The third kappa shape index (κ3) is 2.39. The van der Waals surface area contributed by atoms with Crippen LogP contribution < -0.4 is 10.1 Å². The lowest BCUT2D eigenvalue weighted by atomic mass is 10.2. The van der Waals surface area contributed by atoms with Crippen molar-refractivity contribution in [2.45, 2.75) is 27.2 Å². The van der Waals surface area contributed by atoms with E-state index >= 15 is 0 Å². The Labute approximate surface area is 118 Å². The van der Waals surface area contributed by atoms with Crippen molar-refractivity contribution < 1.29 is 9.53 Å². The lowest BCUT2D eigenvalue weighted by Gasteiger charge is -2.10. The maximum Gasteiger partial charge on any atom is 0.230 e. The Morgan fingerprint density at radius 1 is 1.35 bits per heavy atom. The third-order valence-corrected chi connectivity index (χ3v) is 3.11. The number of methoxy groups -OCH3 is 1. The van der Waals surface area contributed by atoms with E-state index in [0.29, 0.717) is 6.42 Å². The molecule has 0 spiro atoms. The molecule has 1 amide bonds. The number of fused-ring (bicyclic) bond motifs is 3. The first-order valence-electron chi connectivity index (χ1n) is 6.71. The molecule has 0 unspecified atom stereocenters. The molecule has 1 aliphatic rings. The number of aromatic nitrogens is 2. The number of nitrogens with one attached hydrogen (secondary N) is 1. The van der Waals surface area contributed by atoms with Crippen LogP contribution in [-0.4, -0.2) is 22.8 Å². The molecular formula is C15H19N3O2. The molecule has 1 aromatic heterocycles. The van der Waals surface area contributed by atoms with Crippen LogP contribution in [0.5, 0.6) is 5.75 Å². The van der Waals surface area contributed by atoms with Gasteiger partial charge in [0.1, 0.15) is 5.75 Å². The van der Waals surface area contributed by atoms with Gasteiger partial charge in [-0.1, -0.05) is 13.8 Å². The molecule has 0 saturated carbocycles. The number of anilines is 1. The van der Waals surface area contributed by atoms with Crippen molar-refractivity contribution in [3.63, 3.8) is 0 Å². The fraction of sp³-hybridized carbons (Fsp3) is 0.333. The number of benzene rings is 1. The average Bonchev–Trinajstić information content (AvgIpc) is 2.75. The van der Waals surface area contributed by atoms with E-state index in [4.69, 9.17) is 4.74 Å². The van der Waals surface area contributed by atoms with Crippen LogP contribution in [0, 0.1) is 6.92 Å². The second kappa shape index (κ2) is 5.77. The maximum atomic E-state index is 11.8. The summed E-state index contributed by atoms with van der Waals surface area (Å²) in [5.74, 6) is 0.716. The normalized spacial score (nSPS) is 12.3. The van der Waals surface area contributed by atoms with Gasteiger partial charge in [0, 0.05) is 6.07 Å². The van der Waals surface area contributed by atoms with E-state index in [2.05, 4.69) is 10.4 Å². The number of carbonyl (C=O) groups is 1. The summed E-state index contributed by atoms with van der Waals surface area (Å²) in [7, 11) is 1.62. The van der Waals surface area contributed by atoms with E-state index in [9.17, 15) is 4.79 Å². The Morgan fingerprint density at radius 2 is 2.10 bits per heavy atom. The quantitative estimate of drug-likeness (QED) is 0.869. The summed E-state index contributed by atoms with van der Waals surface area (Å²) < 4.78 is 7.01. The van der Waals surface area contributed by atoms with Gasteiger partial charge in [-0.15, -0.1) is 0 Å². The highest BCUT2D eigenvalue weighted by Gasteiger charge is 2.21. The summed E-state index contributed by atoms with van der Waals surface area (Å²) in [6.45, 7) is 5.96. The summed E-state index contributed by atoms with van der Waals surface area (Å²) in [6, 6.07) is 5.52. The Morgan fingerprint density at radius 3 is 2.80 bits per heavy atom. The highest BCUT2D eigenvalue weighted by molar-refractivity contribution is 5.95. The minimum atomic E-state index is -0.0243. The number of hydrogen-bond donors (Lipinski definition) is 1. The van der Waals surface area contributed by atoms with Crippen LogP contribution in [0.2, 0.25) is 0 Å². The molecular weight excluding hydrogens is 254 g/mol. The summed E-state index contributed by atoms with van der Waals surface area (Å²) in [4.78, 5) is 11.8. The predicted molar refractivity (Wildman–Crippen MR) is 78.5 cm³/mol. The van der Waals surface area contributed by atoms with Crippen LogP contribution in [0.25, 0.3) is 5.69 Å². The minimum absolute atomic E-state index is 0.0243. The van der Waals surface area contributed by atoms with E-state index in [1.807, 2.05) is 39.0 Å². The molecule has 5 nitrogen and oxygen atoms in total. The van der Waals surface area contributed by atoms with Crippen LogP contribution in [0.4, 0.5) is 5.69 Å². The van der Waals surface area contributed by atoms with Crippen molar-refractivity contribution in [3.05, 3.63) is 35.7 Å². The maximum absolute atomic E-state index is 11.8. The van der Waals surface area contributed by atoms with Crippen molar-refractivity contribution in [1.29, 1.82) is 0 Å². The number of aryl methyl sites for hydroxylation is 1. The molecule has 0 fully saturated rings. The van der Waals surface area contributed by atoms with Gasteiger partial charge < -0.3 is 10.1 Å². The Balaban J connectivity index is 0.000000704. The molecule has 1 aliphatic heterocycles. The molecule has 2 heterocycles. The number of amides is 1. The first-order valence-corrected chi connectivity index (χ1v) is 6.71. The molecule has 0 aliphatic carbocycles.